The van der Waals surface area contributed by atoms with Crippen molar-refractivity contribution in [3.63, 3.8) is 0 Å². The van der Waals surface area contributed by atoms with E-state index in [2.05, 4.69) is 4.72 Å². The first kappa shape index (κ1) is 14.2. The summed E-state index contributed by atoms with van der Waals surface area (Å²) >= 11 is 0. The van der Waals surface area contributed by atoms with Crippen LogP contribution >= 0.6 is 0 Å². The van der Waals surface area contributed by atoms with Crippen LogP contribution in [0, 0.1) is 6.92 Å². The summed E-state index contributed by atoms with van der Waals surface area (Å²) in [7, 11) is -2.10. The van der Waals surface area contributed by atoms with E-state index in [1.54, 1.807) is 50.4 Å². The number of nitrogens with one attached hydrogen (secondary N) is 1. The molecule has 106 valence electrons. The van der Waals surface area contributed by atoms with Crippen molar-refractivity contribution in [2.75, 3.05) is 17.6 Å². The lowest BCUT2D eigenvalue weighted by Gasteiger charge is -2.10. The Kier molecular flexibility index (Phi) is 3.85. The largest absolute Gasteiger partial charge is 0.496 e. The zero-order valence-electron chi connectivity index (χ0n) is 11.3. The lowest BCUT2D eigenvalue weighted by atomic mass is 10.2. The van der Waals surface area contributed by atoms with Gasteiger partial charge >= 0.3 is 0 Å². The number of nitrogens with two attached hydrogens (primary N) is 1. The molecule has 0 aliphatic carbocycles. The molecule has 5 nitrogen and oxygen atoms in total. The Morgan fingerprint density at radius 3 is 2.50 bits per heavy atom. The minimum Gasteiger partial charge on any atom is -0.496 e. The number of benzene rings is 2. The molecule has 2 aromatic carbocycles. The van der Waals surface area contributed by atoms with Crippen molar-refractivity contribution >= 4 is 21.4 Å². The van der Waals surface area contributed by atoms with Crippen LogP contribution in [0.2, 0.25) is 0 Å². The van der Waals surface area contributed by atoms with Crippen LogP contribution in [0.1, 0.15) is 5.56 Å². The molecule has 0 bridgehead atoms. The molecule has 3 N–H and O–H groups in total. The molecule has 0 fully saturated rings. The predicted molar refractivity (Wildman–Crippen MR) is 79.4 cm³/mol. The molecule has 0 radical (unpaired) electrons. The van der Waals surface area contributed by atoms with Gasteiger partial charge < -0.3 is 10.5 Å². The van der Waals surface area contributed by atoms with Gasteiger partial charge in [-0.1, -0.05) is 6.07 Å². The summed E-state index contributed by atoms with van der Waals surface area (Å²) in [5, 5.41) is 0. The summed E-state index contributed by atoms with van der Waals surface area (Å²) in [6.07, 6.45) is 0. The van der Waals surface area contributed by atoms with E-state index in [1.807, 2.05) is 0 Å². The second kappa shape index (κ2) is 5.42. The van der Waals surface area contributed by atoms with Crippen LogP contribution in [-0.2, 0) is 10.0 Å². The molecule has 0 aliphatic heterocycles. The highest BCUT2D eigenvalue weighted by atomic mass is 32.2. The molecule has 0 saturated carbocycles. The third-order valence-corrected chi connectivity index (χ3v) is 4.19. The van der Waals surface area contributed by atoms with Crippen molar-refractivity contribution < 1.29 is 13.2 Å². The maximum atomic E-state index is 12.3. The molecule has 0 aliphatic rings. The van der Waals surface area contributed by atoms with Gasteiger partial charge in [-0.2, -0.15) is 0 Å². The van der Waals surface area contributed by atoms with Crippen molar-refractivity contribution in [3.05, 3.63) is 48.0 Å². The van der Waals surface area contributed by atoms with Crippen LogP contribution in [0.3, 0.4) is 0 Å². The quantitative estimate of drug-likeness (QED) is 0.848. The molecular weight excluding hydrogens is 276 g/mol. The Morgan fingerprint density at radius 1 is 1.15 bits per heavy atom. The molecule has 0 amide bonds. The molecule has 0 aromatic heterocycles. The standard InChI is InChI=1S/C14H16N2O3S/c1-10-8-13(6-7-14(10)19-2)20(17,18)16-12-5-3-4-11(15)9-12/h3-9,16H,15H2,1-2H3. The van der Waals surface area contributed by atoms with Gasteiger partial charge in [0.05, 0.1) is 17.7 Å². The third kappa shape index (κ3) is 3.03. The van der Waals surface area contributed by atoms with Gasteiger partial charge in [-0.3, -0.25) is 4.72 Å². The Morgan fingerprint density at radius 2 is 1.90 bits per heavy atom. The van der Waals surface area contributed by atoms with Crippen LogP contribution in [0.4, 0.5) is 11.4 Å². The maximum Gasteiger partial charge on any atom is 0.261 e. The highest BCUT2D eigenvalue weighted by molar-refractivity contribution is 7.92. The average Bonchev–Trinajstić information content (AvgIpc) is 2.38. The highest BCUT2D eigenvalue weighted by Gasteiger charge is 2.15. The Hall–Kier alpha value is -2.21. The number of anilines is 2. The highest BCUT2D eigenvalue weighted by Crippen LogP contribution is 2.23. The molecule has 6 heteroatoms. The number of ether oxygens (including phenoxy) is 1. The van der Waals surface area contributed by atoms with E-state index in [1.165, 1.54) is 6.07 Å². The van der Waals surface area contributed by atoms with E-state index >= 15 is 0 Å². The van der Waals surface area contributed by atoms with Crippen LogP contribution < -0.4 is 15.2 Å². The molecule has 0 unspecified atom stereocenters. The minimum absolute atomic E-state index is 0.179. The number of aryl methyl sites for hydroxylation is 1. The fourth-order valence-corrected chi connectivity index (χ4v) is 2.97. The normalized spacial score (nSPS) is 11.1. The number of methoxy groups -OCH3 is 1. The fourth-order valence-electron chi connectivity index (χ4n) is 1.83. The zero-order valence-corrected chi connectivity index (χ0v) is 12.1. The monoisotopic (exact) mass is 292 g/mol. The summed E-state index contributed by atoms with van der Waals surface area (Å²) in [4.78, 5) is 0.179. The van der Waals surface area contributed by atoms with Crippen LogP contribution in [0.25, 0.3) is 0 Å². The summed E-state index contributed by atoms with van der Waals surface area (Å²) in [6, 6.07) is 11.3. The van der Waals surface area contributed by atoms with Gasteiger partial charge in [-0.15, -0.1) is 0 Å². The number of hydrogen-bond acceptors (Lipinski definition) is 4. The lowest BCUT2D eigenvalue weighted by Crippen LogP contribution is -2.13. The number of hydrogen-bond donors (Lipinski definition) is 2. The van der Waals surface area contributed by atoms with Gasteiger partial charge in [0.15, 0.2) is 0 Å². The minimum atomic E-state index is -3.64. The molecule has 0 spiro atoms. The van der Waals surface area contributed by atoms with E-state index < -0.39 is 10.0 Å². The molecule has 0 heterocycles. The fraction of sp³-hybridized carbons (Fsp3) is 0.143. The first-order valence-corrected chi connectivity index (χ1v) is 7.44. The van der Waals surface area contributed by atoms with Crippen LogP contribution in [-0.4, -0.2) is 15.5 Å². The van der Waals surface area contributed by atoms with Crippen molar-refractivity contribution in [1.29, 1.82) is 0 Å². The van der Waals surface area contributed by atoms with Gasteiger partial charge in [-0.05, 0) is 48.9 Å². The summed E-state index contributed by atoms with van der Waals surface area (Å²) in [5.74, 6) is 0.646. The zero-order chi connectivity index (χ0) is 14.8. The number of sulfonamides is 1. The van der Waals surface area contributed by atoms with E-state index in [0.29, 0.717) is 17.1 Å². The van der Waals surface area contributed by atoms with E-state index in [4.69, 9.17) is 10.5 Å². The average molecular weight is 292 g/mol. The second-order valence-corrected chi connectivity index (χ2v) is 6.04. The maximum absolute atomic E-state index is 12.3. The number of rotatable bonds is 4. The Bertz CT molecular complexity index is 727. The first-order valence-electron chi connectivity index (χ1n) is 5.95. The second-order valence-electron chi connectivity index (χ2n) is 4.36. The van der Waals surface area contributed by atoms with Crippen molar-refractivity contribution in [2.45, 2.75) is 11.8 Å². The molecule has 20 heavy (non-hydrogen) atoms. The Labute approximate surface area is 118 Å². The van der Waals surface area contributed by atoms with Crippen LogP contribution in [0.5, 0.6) is 5.75 Å². The predicted octanol–water partition coefficient (Wildman–Crippen LogP) is 2.39. The van der Waals surface area contributed by atoms with Gasteiger partial charge in [0.1, 0.15) is 5.75 Å². The Balaban J connectivity index is 2.33. The van der Waals surface area contributed by atoms with Crippen molar-refractivity contribution in [3.8, 4) is 5.75 Å². The first-order chi connectivity index (χ1) is 9.42. The smallest absolute Gasteiger partial charge is 0.261 e. The topological polar surface area (TPSA) is 81.4 Å². The lowest BCUT2D eigenvalue weighted by molar-refractivity contribution is 0.411. The van der Waals surface area contributed by atoms with Gasteiger partial charge in [0.25, 0.3) is 10.0 Å². The molecule has 2 aromatic rings. The third-order valence-electron chi connectivity index (χ3n) is 2.82. The summed E-state index contributed by atoms with van der Waals surface area (Å²) in [6.45, 7) is 1.79. The van der Waals surface area contributed by atoms with Gasteiger partial charge in [-0.25, -0.2) is 8.42 Å². The van der Waals surface area contributed by atoms with E-state index in [-0.39, 0.29) is 4.90 Å². The van der Waals surface area contributed by atoms with Crippen LogP contribution in [0.15, 0.2) is 47.4 Å². The molecular formula is C14H16N2O3S. The van der Waals surface area contributed by atoms with Crippen molar-refractivity contribution in [2.24, 2.45) is 0 Å². The van der Waals surface area contributed by atoms with Gasteiger partial charge in [0, 0.05) is 5.69 Å². The molecule has 2 rings (SSSR count). The molecule has 0 saturated heterocycles. The van der Waals surface area contributed by atoms with E-state index in [0.717, 1.165) is 5.56 Å². The summed E-state index contributed by atoms with van der Waals surface area (Å²) in [5.41, 5.74) is 7.31. The molecule has 0 atom stereocenters. The van der Waals surface area contributed by atoms with Gasteiger partial charge in [0.2, 0.25) is 0 Å². The van der Waals surface area contributed by atoms with Crippen molar-refractivity contribution in [1.82, 2.24) is 0 Å². The number of nitrogen functional groups attached to an aromatic ring is 1. The summed E-state index contributed by atoms with van der Waals surface area (Å²) < 4.78 is 32.2. The van der Waals surface area contributed by atoms with E-state index in [9.17, 15) is 8.42 Å². The SMILES string of the molecule is COc1ccc(S(=O)(=O)Nc2cccc(N)c2)cc1C.